The molecule has 1 fully saturated rings. The zero-order valence-electron chi connectivity index (χ0n) is 19.0. The minimum Gasteiger partial charge on any atom is -0.383 e. The molecule has 3 heterocycles. The Labute approximate surface area is 194 Å². The fraction of sp³-hybridized carbons (Fsp3) is 0.520. The van der Waals surface area contributed by atoms with Crippen LogP contribution < -0.4 is 5.32 Å². The molecular weight excluding hydrogens is 422 g/mol. The van der Waals surface area contributed by atoms with Crippen molar-refractivity contribution in [2.24, 2.45) is 0 Å². The molecule has 0 spiro atoms. The van der Waals surface area contributed by atoms with E-state index in [-0.39, 0.29) is 17.9 Å². The Balaban J connectivity index is 1.59. The molecule has 2 amide bonds. The summed E-state index contributed by atoms with van der Waals surface area (Å²) in [5.74, 6) is -0.504. The predicted octanol–water partition coefficient (Wildman–Crippen LogP) is 3.67. The number of hydrogen-bond acceptors (Lipinski definition) is 5. The van der Waals surface area contributed by atoms with Crippen molar-refractivity contribution >= 4 is 23.2 Å². The number of nitrogens with one attached hydrogen (secondary N) is 1. The number of hydrogen-bond donors (Lipinski definition) is 1. The van der Waals surface area contributed by atoms with Crippen molar-refractivity contribution in [1.82, 2.24) is 15.1 Å². The second-order valence-electron chi connectivity index (χ2n) is 8.69. The van der Waals surface area contributed by atoms with Crippen LogP contribution in [-0.4, -0.2) is 67.6 Å². The first-order valence-electron chi connectivity index (χ1n) is 11.6. The second kappa shape index (κ2) is 10.6. The highest BCUT2D eigenvalue weighted by molar-refractivity contribution is 7.10. The van der Waals surface area contributed by atoms with E-state index < -0.39 is 5.92 Å². The number of methoxy groups -OCH3 is 1. The number of benzene rings is 1. The Morgan fingerprint density at radius 2 is 2.03 bits per heavy atom. The molecule has 6 nitrogen and oxygen atoms in total. The van der Waals surface area contributed by atoms with Gasteiger partial charge in [0.05, 0.1) is 18.6 Å². The maximum Gasteiger partial charge on any atom is 0.254 e. The van der Waals surface area contributed by atoms with Gasteiger partial charge in [-0.2, -0.15) is 0 Å². The Kier molecular flexibility index (Phi) is 7.60. The third kappa shape index (κ3) is 4.75. The van der Waals surface area contributed by atoms with Crippen LogP contribution in [0.15, 0.2) is 41.8 Å². The van der Waals surface area contributed by atoms with E-state index in [2.05, 4.69) is 17.1 Å². The van der Waals surface area contributed by atoms with Crippen molar-refractivity contribution in [2.75, 3.05) is 39.9 Å². The first-order chi connectivity index (χ1) is 15.6. The molecule has 172 valence electrons. The monoisotopic (exact) mass is 455 g/mol. The lowest BCUT2D eigenvalue weighted by atomic mass is 9.81. The number of carbonyl (C=O) groups is 2. The van der Waals surface area contributed by atoms with Gasteiger partial charge in [0.25, 0.3) is 5.91 Å². The summed E-state index contributed by atoms with van der Waals surface area (Å²) in [6.07, 6.45) is 3.74. The van der Waals surface area contributed by atoms with Crippen molar-refractivity contribution in [3.05, 3.63) is 57.8 Å². The standard InChI is InChI=1S/C25H33N3O3S/c1-18-8-5-6-13-27(18)14-12-26-24(29)22-19-9-3-4-10-20(19)25(30)28(15-16-31-2)23(22)21-11-7-17-32-21/h3-4,7,9-11,17-18,22-23H,5-6,8,12-16H2,1-2H3,(H,26,29)/t18-,22-,23-/m0/s1. The third-order valence-corrected chi connectivity index (χ3v) is 7.67. The van der Waals surface area contributed by atoms with E-state index in [4.69, 9.17) is 4.74 Å². The van der Waals surface area contributed by atoms with Gasteiger partial charge >= 0.3 is 0 Å². The van der Waals surface area contributed by atoms with E-state index in [1.807, 2.05) is 46.7 Å². The van der Waals surface area contributed by atoms with Crippen LogP contribution in [-0.2, 0) is 9.53 Å². The highest BCUT2D eigenvalue weighted by atomic mass is 32.1. The quantitative estimate of drug-likeness (QED) is 0.660. The molecule has 1 aromatic heterocycles. The van der Waals surface area contributed by atoms with Gasteiger partial charge in [0.15, 0.2) is 0 Å². The lowest BCUT2D eigenvalue weighted by Crippen LogP contribution is -2.49. The molecule has 2 aliphatic heterocycles. The van der Waals surface area contributed by atoms with Gasteiger partial charge in [-0.3, -0.25) is 14.5 Å². The Bertz CT molecular complexity index is 917. The van der Waals surface area contributed by atoms with Crippen LogP contribution in [0.25, 0.3) is 0 Å². The van der Waals surface area contributed by atoms with Crippen molar-refractivity contribution in [1.29, 1.82) is 0 Å². The third-order valence-electron chi connectivity index (χ3n) is 6.73. The summed E-state index contributed by atoms with van der Waals surface area (Å²) < 4.78 is 5.29. The number of likely N-dealkylation sites (tertiary alicyclic amines) is 1. The predicted molar refractivity (Wildman–Crippen MR) is 127 cm³/mol. The summed E-state index contributed by atoms with van der Waals surface area (Å²) in [4.78, 5) is 32.3. The fourth-order valence-electron chi connectivity index (χ4n) is 5.01. The Hall–Kier alpha value is -2.22. The van der Waals surface area contributed by atoms with Gasteiger partial charge in [0.1, 0.15) is 0 Å². The van der Waals surface area contributed by atoms with Crippen LogP contribution in [0.2, 0.25) is 0 Å². The van der Waals surface area contributed by atoms with Gasteiger partial charge in [-0.1, -0.05) is 30.7 Å². The molecule has 1 aromatic carbocycles. The molecule has 0 bridgehead atoms. The smallest absolute Gasteiger partial charge is 0.254 e. The molecule has 2 aliphatic rings. The molecule has 1 N–H and O–H groups in total. The number of thiophene rings is 1. The number of carbonyl (C=O) groups excluding carboxylic acids is 2. The van der Waals surface area contributed by atoms with E-state index in [0.29, 0.717) is 31.3 Å². The molecule has 0 unspecified atom stereocenters. The summed E-state index contributed by atoms with van der Waals surface area (Å²) >= 11 is 1.59. The molecular formula is C25H33N3O3S. The second-order valence-corrected chi connectivity index (χ2v) is 9.67. The maximum atomic E-state index is 13.6. The number of amides is 2. The van der Waals surface area contributed by atoms with Crippen molar-refractivity contribution in [3.8, 4) is 0 Å². The van der Waals surface area contributed by atoms with E-state index in [1.165, 1.54) is 19.3 Å². The summed E-state index contributed by atoms with van der Waals surface area (Å²) in [6, 6.07) is 11.8. The molecule has 2 aromatic rings. The highest BCUT2D eigenvalue weighted by Crippen LogP contribution is 2.44. The van der Waals surface area contributed by atoms with E-state index in [1.54, 1.807) is 18.4 Å². The number of nitrogens with zero attached hydrogens (tertiary/aromatic N) is 2. The first-order valence-corrected chi connectivity index (χ1v) is 12.4. The molecule has 1 saturated heterocycles. The maximum absolute atomic E-state index is 13.6. The van der Waals surface area contributed by atoms with Gasteiger partial charge < -0.3 is 15.0 Å². The number of fused-ring (bicyclic) bond motifs is 1. The summed E-state index contributed by atoms with van der Waals surface area (Å²) in [5, 5.41) is 5.20. The summed E-state index contributed by atoms with van der Waals surface area (Å²) in [5.41, 5.74) is 1.43. The van der Waals surface area contributed by atoms with E-state index in [9.17, 15) is 9.59 Å². The van der Waals surface area contributed by atoms with Crippen LogP contribution in [0, 0.1) is 0 Å². The molecule has 0 radical (unpaired) electrons. The topological polar surface area (TPSA) is 61.9 Å². The fourth-order valence-corrected chi connectivity index (χ4v) is 5.88. The van der Waals surface area contributed by atoms with Crippen LogP contribution in [0.3, 0.4) is 0 Å². The zero-order valence-corrected chi connectivity index (χ0v) is 19.8. The van der Waals surface area contributed by atoms with Crippen molar-refractivity contribution < 1.29 is 14.3 Å². The number of rotatable bonds is 8. The normalized spacial score (nSPS) is 23.8. The van der Waals surface area contributed by atoms with Crippen molar-refractivity contribution in [2.45, 2.75) is 44.2 Å². The van der Waals surface area contributed by atoms with Gasteiger partial charge in [0.2, 0.25) is 5.91 Å². The van der Waals surface area contributed by atoms with Gasteiger partial charge in [-0.15, -0.1) is 11.3 Å². The molecule has 0 aliphatic carbocycles. The van der Waals surface area contributed by atoms with Gasteiger partial charge in [0, 0.05) is 43.2 Å². The average Bonchev–Trinajstić information content (AvgIpc) is 3.34. The van der Waals surface area contributed by atoms with E-state index >= 15 is 0 Å². The SMILES string of the molecule is COCCN1C(=O)c2ccccc2[C@H](C(=O)NCCN2CCCC[C@@H]2C)[C@@H]1c1cccs1. The minimum atomic E-state index is -0.446. The van der Waals surface area contributed by atoms with Gasteiger partial charge in [-0.25, -0.2) is 0 Å². The molecule has 32 heavy (non-hydrogen) atoms. The molecule has 3 atom stereocenters. The summed E-state index contributed by atoms with van der Waals surface area (Å²) in [7, 11) is 1.63. The van der Waals surface area contributed by atoms with Crippen LogP contribution in [0.1, 0.15) is 58.9 Å². The first kappa shape index (κ1) is 23.0. The lowest BCUT2D eigenvalue weighted by molar-refractivity contribution is -0.124. The number of piperidine rings is 1. The molecule has 0 saturated carbocycles. The summed E-state index contributed by atoms with van der Waals surface area (Å²) in [6.45, 7) is 5.71. The van der Waals surface area contributed by atoms with Crippen LogP contribution in [0.4, 0.5) is 0 Å². The minimum absolute atomic E-state index is 0.0181. The van der Waals surface area contributed by atoms with Crippen molar-refractivity contribution in [3.63, 3.8) is 0 Å². The number of ether oxygens (including phenoxy) is 1. The molecule has 4 rings (SSSR count). The Morgan fingerprint density at radius 3 is 2.78 bits per heavy atom. The average molecular weight is 456 g/mol. The largest absolute Gasteiger partial charge is 0.383 e. The Morgan fingerprint density at radius 1 is 1.19 bits per heavy atom. The molecule has 7 heteroatoms. The van der Waals surface area contributed by atoms with Crippen LogP contribution in [0.5, 0.6) is 0 Å². The van der Waals surface area contributed by atoms with Gasteiger partial charge in [-0.05, 0) is 49.4 Å². The zero-order chi connectivity index (χ0) is 22.5. The van der Waals surface area contributed by atoms with E-state index in [0.717, 1.165) is 23.5 Å². The highest BCUT2D eigenvalue weighted by Gasteiger charge is 2.44. The van der Waals surface area contributed by atoms with Crippen LogP contribution >= 0.6 is 11.3 Å². The lowest BCUT2D eigenvalue weighted by Gasteiger charge is -2.41.